The maximum Gasteiger partial charge on any atom is 0.205 e. The van der Waals surface area contributed by atoms with Crippen LogP contribution >= 0.6 is 0 Å². The third kappa shape index (κ3) is 4.32. The lowest BCUT2D eigenvalue weighted by atomic mass is 10.4. The van der Waals surface area contributed by atoms with Gasteiger partial charge in [0, 0.05) is 13.2 Å². The Bertz CT molecular complexity index is 299. The van der Waals surface area contributed by atoms with Crippen LogP contribution in [0.15, 0.2) is 35.2 Å². The Hall–Kier alpha value is -0.550. The van der Waals surface area contributed by atoms with Crippen molar-refractivity contribution >= 4 is 11.2 Å². The first kappa shape index (κ1) is 14.5. The van der Waals surface area contributed by atoms with Gasteiger partial charge in [0.1, 0.15) is 0 Å². The van der Waals surface area contributed by atoms with Gasteiger partial charge >= 0.3 is 0 Å². The minimum atomic E-state index is -1.11. The lowest BCUT2D eigenvalue weighted by Gasteiger charge is -2.25. The molecule has 0 N–H and O–H groups in total. The Labute approximate surface area is 106 Å². The van der Waals surface area contributed by atoms with E-state index in [2.05, 4.69) is 0 Å². The molecular weight excluding hydrogens is 236 g/mol. The second kappa shape index (κ2) is 7.71. The third-order valence-corrected chi connectivity index (χ3v) is 3.99. The van der Waals surface area contributed by atoms with Gasteiger partial charge in [-0.1, -0.05) is 18.2 Å². The van der Waals surface area contributed by atoms with Crippen molar-refractivity contribution < 1.29 is 14.0 Å². The normalized spacial score (nSPS) is 14.9. The zero-order chi connectivity index (χ0) is 12.7. The summed E-state index contributed by atoms with van der Waals surface area (Å²) in [6.07, 6.45) is -0.411. The number of hydrogen-bond donors (Lipinski definition) is 0. The lowest BCUT2D eigenvalue weighted by Crippen LogP contribution is -2.36. The Kier molecular flexibility index (Phi) is 6.58. The fourth-order valence-corrected chi connectivity index (χ4v) is 2.73. The molecule has 1 aromatic carbocycles. The van der Waals surface area contributed by atoms with Gasteiger partial charge in [-0.2, -0.15) is 0 Å². The first-order valence-electron chi connectivity index (χ1n) is 5.89. The SMILES string of the molecule is CCOC(OCC)C(C)[S+]([O-])c1ccccc1. The number of benzene rings is 1. The number of rotatable bonds is 7. The second-order valence-electron chi connectivity index (χ2n) is 3.59. The molecule has 0 spiro atoms. The molecule has 2 unspecified atom stereocenters. The Balaban J connectivity index is 2.69. The molecular formula is C13H20O3S. The van der Waals surface area contributed by atoms with Crippen molar-refractivity contribution in [2.24, 2.45) is 0 Å². The molecule has 0 heterocycles. The van der Waals surface area contributed by atoms with Gasteiger partial charge in [0.15, 0.2) is 10.1 Å². The molecule has 96 valence electrons. The van der Waals surface area contributed by atoms with Crippen molar-refractivity contribution in [3.8, 4) is 0 Å². The molecule has 4 heteroatoms. The highest BCUT2D eigenvalue weighted by molar-refractivity contribution is 7.92. The van der Waals surface area contributed by atoms with E-state index in [1.807, 2.05) is 51.1 Å². The average Bonchev–Trinajstić information content (AvgIpc) is 2.38. The van der Waals surface area contributed by atoms with Gasteiger partial charge in [-0.25, -0.2) is 0 Å². The highest BCUT2D eigenvalue weighted by Gasteiger charge is 2.30. The Morgan fingerprint density at radius 2 is 1.65 bits per heavy atom. The topological polar surface area (TPSA) is 41.5 Å². The minimum Gasteiger partial charge on any atom is -0.611 e. The van der Waals surface area contributed by atoms with Crippen LogP contribution in [-0.2, 0) is 20.6 Å². The van der Waals surface area contributed by atoms with Gasteiger partial charge in [-0.05, 0) is 44.1 Å². The molecule has 0 saturated heterocycles. The van der Waals surface area contributed by atoms with Crippen LogP contribution in [0.4, 0.5) is 0 Å². The van der Waals surface area contributed by atoms with E-state index in [0.717, 1.165) is 4.90 Å². The van der Waals surface area contributed by atoms with Crippen LogP contribution in [0.1, 0.15) is 20.8 Å². The molecule has 0 saturated carbocycles. The monoisotopic (exact) mass is 256 g/mol. The van der Waals surface area contributed by atoms with Crippen molar-refractivity contribution in [3.05, 3.63) is 30.3 Å². The van der Waals surface area contributed by atoms with Crippen molar-refractivity contribution in [2.75, 3.05) is 13.2 Å². The summed E-state index contributed by atoms with van der Waals surface area (Å²) in [5, 5.41) is -0.183. The van der Waals surface area contributed by atoms with Crippen LogP contribution in [0, 0.1) is 0 Å². The van der Waals surface area contributed by atoms with Crippen molar-refractivity contribution in [2.45, 2.75) is 37.2 Å². The van der Waals surface area contributed by atoms with E-state index in [1.165, 1.54) is 0 Å². The van der Waals surface area contributed by atoms with Crippen LogP contribution in [0.3, 0.4) is 0 Å². The molecule has 0 aliphatic carbocycles. The molecule has 3 nitrogen and oxygen atoms in total. The van der Waals surface area contributed by atoms with E-state index in [0.29, 0.717) is 13.2 Å². The number of ether oxygens (including phenoxy) is 2. The van der Waals surface area contributed by atoms with Crippen molar-refractivity contribution in [1.82, 2.24) is 0 Å². The summed E-state index contributed by atoms with van der Waals surface area (Å²) < 4.78 is 23.2. The summed E-state index contributed by atoms with van der Waals surface area (Å²) >= 11 is -1.11. The highest BCUT2D eigenvalue weighted by Crippen LogP contribution is 2.20. The summed E-state index contributed by atoms with van der Waals surface area (Å²) in [7, 11) is 0. The predicted molar refractivity (Wildman–Crippen MR) is 69.4 cm³/mol. The smallest absolute Gasteiger partial charge is 0.205 e. The van der Waals surface area contributed by atoms with Crippen LogP contribution in [0.5, 0.6) is 0 Å². The van der Waals surface area contributed by atoms with Crippen LogP contribution in [-0.4, -0.2) is 29.3 Å². The fraction of sp³-hybridized carbons (Fsp3) is 0.538. The van der Waals surface area contributed by atoms with Gasteiger partial charge in [-0.15, -0.1) is 0 Å². The van der Waals surface area contributed by atoms with E-state index in [-0.39, 0.29) is 5.25 Å². The first-order chi connectivity index (χ1) is 8.20. The molecule has 17 heavy (non-hydrogen) atoms. The second-order valence-corrected chi connectivity index (χ2v) is 5.40. The lowest BCUT2D eigenvalue weighted by molar-refractivity contribution is -0.134. The van der Waals surface area contributed by atoms with Crippen LogP contribution in [0.2, 0.25) is 0 Å². The third-order valence-electron chi connectivity index (χ3n) is 2.36. The molecule has 0 aromatic heterocycles. The molecule has 0 aliphatic heterocycles. The van der Waals surface area contributed by atoms with Gasteiger partial charge in [0.2, 0.25) is 6.29 Å². The van der Waals surface area contributed by atoms with E-state index in [9.17, 15) is 4.55 Å². The molecule has 0 fully saturated rings. The van der Waals surface area contributed by atoms with Gasteiger partial charge < -0.3 is 14.0 Å². The maximum atomic E-state index is 12.3. The standard InChI is InChI=1S/C13H20O3S/c1-4-15-13(16-5-2)11(3)17(14)12-9-7-6-8-10-12/h6-11,13H,4-5H2,1-3H3. The number of hydrogen-bond acceptors (Lipinski definition) is 3. The summed E-state index contributed by atoms with van der Waals surface area (Å²) in [4.78, 5) is 0.810. The van der Waals surface area contributed by atoms with E-state index in [4.69, 9.17) is 9.47 Å². The minimum absolute atomic E-state index is 0.183. The zero-order valence-corrected chi connectivity index (χ0v) is 11.4. The molecule has 1 aromatic rings. The Morgan fingerprint density at radius 3 is 2.12 bits per heavy atom. The van der Waals surface area contributed by atoms with Crippen LogP contribution in [0.25, 0.3) is 0 Å². The van der Waals surface area contributed by atoms with E-state index in [1.54, 1.807) is 0 Å². The van der Waals surface area contributed by atoms with Gasteiger partial charge in [0.25, 0.3) is 0 Å². The van der Waals surface area contributed by atoms with Gasteiger partial charge in [0.05, 0.1) is 0 Å². The van der Waals surface area contributed by atoms with E-state index >= 15 is 0 Å². The molecule has 2 atom stereocenters. The average molecular weight is 256 g/mol. The van der Waals surface area contributed by atoms with Crippen molar-refractivity contribution in [1.29, 1.82) is 0 Å². The molecule has 1 rings (SSSR count). The van der Waals surface area contributed by atoms with E-state index < -0.39 is 17.5 Å². The van der Waals surface area contributed by atoms with Crippen molar-refractivity contribution in [3.63, 3.8) is 0 Å². The summed E-state index contributed by atoms with van der Waals surface area (Å²) in [6.45, 7) is 6.81. The quantitative estimate of drug-likeness (QED) is 0.556. The van der Waals surface area contributed by atoms with Gasteiger partial charge in [-0.3, -0.25) is 0 Å². The predicted octanol–water partition coefficient (Wildman–Crippen LogP) is 2.58. The van der Waals surface area contributed by atoms with Crippen LogP contribution < -0.4 is 0 Å². The summed E-state index contributed by atoms with van der Waals surface area (Å²) in [5.41, 5.74) is 0. The highest BCUT2D eigenvalue weighted by atomic mass is 32.2. The maximum absolute atomic E-state index is 12.3. The summed E-state index contributed by atoms with van der Waals surface area (Å²) in [6, 6.07) is 9.41. The molecule has 0 amide bonds. The molecule has 0 bridgehead atoms. The fourth-order valence-electron chi connectivity index (χ4n) is 1.52. The molecule has 0 radical (unpaired) electrons. The largest absolute Gasteiger partial charge is 0.611 e. The molecule has 0 aliphatic rings. The first-order valence-corrected chi connectivity index (χ1v) is 7.10. The zero-order valence-electron chi connectivity index (χ0n) is 10.6. The summed E-state index contributed by atoms with van der Waals surface area (Å²) in [5.74, 6) is 0. The Morgan fingerprint density at radius 1 is 1.12 bits per heavy atom.